The summed E-state index contributed by atoms with van der Waals surface area (Å²) in [6.07, 6.45) is 0.728. The zero-order valence-electron chi connectivity index (χ0n) is 10.6. The average molecular weight is 246 g/mol. The summed E-state index contributed by atoms with van der Waals surface area (Å²) in [5.41, 5.74) is 0. The molecule has 0 unspecified atom stereocenters. The van der Waals surface area contributed by atoms with Gasteiger partial charge in [0, 0.05) is 33.2 Å². The highest BCUT2D eigenvalue weighted by atomic mass is 16.5. The third-order valence-electron chi connectivity index (χ3n) is 1.97. The van der Waals surface area contributed by atoms with Gasteiger partial charge in [-0.1, -0.05) is 0 Å². The summed E-state index contributed by atoms with van der Waals surface area (Å²) in [6, 6.07) is 0. The topological polar surface area (TPSA) is 76.7 Å². The van der Waals surface area contributed by atoms with E-state index in [-0.39, 0.29) is 11.9 Å². The third kappa shape index (κ3) is 11.1. The van der Waals surface area contributed by atoms with Crippen LogP contribution in [-0.4, -0.2) is 51.8 Å². The number of amides is 1. The van der Waals surface area contributed by atoms with Gasteiger partial charge in [0.2, 0.25) is 5.91 Å². The third-order valence-corrected chi connectivity index (χ3v) is 1.97. The van der Waals surface area contributed by atoms with Crippen molar-refractivity contribution in [2.45, 2.75) is 19.8 Å². The second-order valence-electron chi connectivity index (χ2n) is 3.40. The number of esters is 1. The van der Waals surface area contributed by atoms with Crippen molar-refractivity contribution in [3.05, 3.63) is 0 Å². The Hall–Kier alpha value is -1.14. The quantitative estimate of drug-likeness (QED) is 0.408. The second-order valence-corrected chi connectivity index (χ2v) is 3.40. The molecule has 0 aliphatic carbocycles. The molecule has 0 aliphatic heterocycles. The molecule has 0 bridgehead atoms. The van der Waals surface area contributed by atoms with Crippen LogP contribution in [0.1, 0.15) is 19.8 Å². The van der Waals surface area contributed by atoms with Crippen molar-refractivity contribution in [2.24, 2.45) is 0 Å². The maximum atomic E-state index is 11.2. The van der Waals surface area contributed by atoms with Crippen LogP contribution >= 0.6 is 0 Å². The fraction of sp³-hybridized carbons (Fsp3) is 0.818. The Morgan fingerprint density at radius 1 is 1.12 bits per heavy atom. The molecule has 0 rings (SSSR count). The molecule has 2 N–H and O–H groups in total. The van der Waals surface area contributed by atoms with Gasteiger partial charge < -0.3 is 20.1 Å². The molecule has 0 aromatic rings. The molecule has 6 nitrogen and oxygen atoms in total. The van der Waals surface area contributed by atoms with Crippen LogP contribution in [0.25, 0.3) is 0 Å². The van der Waals surface area contributed by atoms with Gasteiger partial charge in [-0.3, -0.25) is 9.59 Å². The Morgan fingerprint density at radius 2 is 1.82 bits per heavy atom. The van der Waals surface area contributed by atoms with E-state index in [2.05, 4.69) is 10.6 Å². The normalized spacial score (nSPS) is 10.0. The lowest BCUT2D eigenvalue weighted by molar-refractivity contribution is -0.142. The lowest BCUT2D eigenvalue weighted by atomic mass is 10.3. The van der Waals surface area contributed by atoms with Gasteiger partial charge in [0.15, 0.2) is 0 Å². The van der Waals surface area contributed by atoms with Crippen LogP contribution in [0.4, 0.5) is 0 Å². The van der Waals surface area contributed by atoms with Gasteiger partial charge in [0.05, 0.1) is 19.6 Å². The molecule has 0 atom stereocenters. The lowest BCUT2D eigenvalue weighted by Gasteiger charge is -2.06. The van der Waals surface area contributed by atoms with Crippen LogP contribution in [0.15, 0.2) is 0 Å². The van der Waals surface area contributed by atoms with Crippen LogP contribution < -0.4 is 10.6 Å². The number of ether oxygens (including phenoxy) is 2. The van der Waals surface area contributed by atoms with Crippen LogP contribution in [0.2, 0.25) is 0 Å². The van der Waals surface area contributed by atoms with E-state index in [1.54, 1.807) is 14.0 Å². The van der Waals surface area contributed by atoms with E-state index >= 15 is 0 Å². The van der Waals surface area contributed by atoms with Crippen molar-refractivity contribution < 1.29 is 19.1 Å². The van der Waals surface area contributed by atoms with Crippen molar-refractivity contribution in [3.8, 4) is 0 Å². The number of methoxy groups -OCH3 is 1. The van der Waals surface area contributed by atoms with Gasteiger partial charge in [-0.2, -0.15) is 0 Å². The molecule has 0 saturated carbocycles. The fourth-order valence-corrected chi connectivity index (χ4v) is 1.13. The largest absolute Gasteiger partial charge is 0.466 e. The lowest BCUT2D eigenvalue weighted by Crippen LogP contribution is -2.30. The van der Waals surface area contributed by atoms with Gasteiger partial charge in [-0.05, 0) is 6.92 Å². The van der Waals surface area contributed by atoms with Crippen LogP contribution in [0.3, 0.4) is 0 Å². The minimum Gasteiger partial charge on any atom is -0.466 e. The Balaban J connectivity index is 3.27. The smallest absolute Gasteiger partial charge is 0.307 e. The molecule has 0 radical (unpaired) electrons. The highest BCUT2D eigenvalue weighted by Crippen LogP contribution is 1.85. The predicted molar refractivity (Wildman–Crippen MR) is 63.6 cm³/mol. The summed E-state index contributed by atoms with van der Waals surface area (Å²) in [7, 11) is 1.59. The summed E-state index contributed by atoms with van der Waals surface area (Å²) in [4.78, 5) is 22.2. The Morgan fingerprint density at radius 3 is 2.47 bits per heavy atom. The highest BCUT2D eigenvalue weighted by Gasteiger charge is 2.02. The van der Waals surface area contributed by atoms with E-state index in [9.17, 15) is 9.59 Å². The zero-order valence-corrected chi connectivity index (χ0v) is 10.6. The molecule has 0 spiro atoms. The van der Waals surface area contributed by atoms with Crippen LogP contribution in [0.5, 0.6) is 0 Å². The van der Waals surface area contributed by atoms with E-state index in [0.717, 1.165) is 0 Å². The van der Waals surface area contributed by atoms with Crippen molar-refractivity contribution in [3.63, 3.8) is 0 Å². The summed E-state index contributed by atoms with van der Waals surface area (Å²) >= 11 is 0. The molecule has 0 saturated heterocycles. The highest BCUT2D eigenvalue weighted by molar-refractivity contribution is 5.76. The minimum atomic E-state index is -0.218. The van der Waals surface area contributed by atoms with Crippen molar-refractivity contribution in [1.82, 2.24) is 10.6 Å². The van der Waals surface area contributed by atoms with Gasteiger partial charge in [-0.25, -0.2) is 0 Å². The molecule has 17 heavy (non-hydrogen) atoms. The Kier molecular flexibility index (Phi) is 10.6. The molecule has 100 valence electrons. The first-order chi connectivity index (χ1) is 8.20. The van der Waals surface area contributed by atoms with Gasteiger partial charge in [-0.15, -0.1) is 0 Å². The maximum Gasteiger partial charge on any atom is 0.307 e. The van der Waals surface area contributed by atoms with E-state index in [1.165, 1.54) is 0 Å². The standard InChI is InChI=1S/C11H22N2O4/c1-3-17-11(15)5-7-12-6-4-10(14)13-8-9-16-2/h12H,3-9H2,1-2H3,(H,13,14). The van der Waals surface area contributed by atoms with Gasteiger partial charge >= 0.3 is 5.97 Å². The first kappa shape index (κ1) is 15.9. The minimum absolute atomic E-state index is 0.0225. The first-order valence-corrected chi connectivity index (χ1v) is 5.82. The molecular weight excluding hydrogens is 224 g/mol. The predicted octanol–water partition coefficient (Wildman–Crippen LogP) is -0.318. The zero-order chi connectivity index (χ0) is 12.9. The number of hydrogen-bond donors (Lipinski definition) is 2. The molecule has 1 amide bonds. The van der Waals surface area contributed by atoms with E-state index < -0.39 is 0 Å². The molecular formula is C11H22N2O4. The van der Waals surface area contributed by atoms with Gasteiger partial charge in [0.1, 0.15) is 0 Å². The Bertz CT molecular complexity index is 222. The molecule has 0 aromatic heterocycles. The van der Waals surface area contributed by atoms with Crippen molar-refractivity contribution in [2.75, 3.05) is 40.0 Å². The first-order valence-electron chi connectivity index (χ1n) is 5.82. The fourth-order valence-electron chi connectivity index (χ4n) is 1.13. The maximum absolute atomic E-state index is 11.2. The second kappa shape index (κ2) is 11.3. The number of carbonyl (C=O) groups is 2. The number of nitrogens with one attached hydrogen (secondary N) is 2. The number of hydrogen-bond acceptors (Lipinski definition) is 5. The monoisotopic (exact) mass is 246 g/mol. The number of carbonyl (C=O) groups excluding carboxylic acids is 2. The van der Waals surface area contributed by atoms with Gasteiger partial charge in [0.25, 0.3) is 0 Å². The number of rotatable bonds is 10. The SMILES string of the molecule is CCOC(=O)CCNCCC(=O)NCCOC. The summed E-state index contributed by atoms with van der Waals surface area (Å²) < 4.78 is 9.57. The Labute approximate surface area is 102 Å². The average Bonchev–Trinajstić information content (AvgIpc) is 2.29. The van der Waals surface area contributed by atoms with E-state index in [4.69, 9.17) is 9.47 Å². The summed E-state index contributed by atoms with van der Waals surface area (Å²) in [5, 5.41) is 5.71. The molecule has 0 heterocycles. The molecule has 0 fully saturated rings. The van der Waals surface area contributed by atoms with Crippen molar-refractivity contribution >= 4 is 11.9 Å². The van der Waals surface area contributed by atoms with E-state index in [0.29, 0.717) is 45.7 Å². The van der Waals surface area contributed by atoms with Crippen molar-refractivity contribution in [1.29, 1.82) is 0 Å². The van der Waals surface area contributed by atoms with Crippen LogP contribution in [-0.2, 0) is 19.1 Å². The molecule has 6 heteroatoms. The molecule has 0 aliphatic rings. The van der Waals surface area contributed by atoms with Crippen LogP contribution in [0, 0.1) is 0 Å². The molecule has 0 aromatic carbocycles. The summed E-state index contributed by atoms with van der Waals surface area (Å²) in [6.45, 7) is 4.30. The summed E-state index contributed by atoms with van der Waals surface area (Å²) in [5.74, 6) is -0.241. The van der Waals surface area contributed by atoms with E-state index in [1.807, 2.05) is 0 Å².